The summed E-state index contributed by atoms with van der Waals surface area (Å²) in [4.78, 5) is 33.1. The number of methoxy groups -OCH3 is 1. The lowest BCUT2D eigenvalue weighted by Gasteiger charge is -2.21. The third-order valence-electron chi connectivity index (χ3n) is 4.22. The van der Waals surface area contributed by atoms with Crippen LogP contribution in [0.1, 0.15) is 26.0 Å². The molecule has 0 aliphatic carbocycles. The molecule has 1 aromatic heterocycles. The van der Waals surface area contributed by atoms with E-state index in [1.807, 2.05) is 57.2 Å². The second-order valence-electron chi connectivity index (χ2n) is 6.29. The van der Waals surface area contributed by atoms with Crippen LogP contribution < -0.4 is 5.32 Å². The lowest BCUT2D eigenvalue weighted by atomic mass is 9.99. The average Bonchev–Trinajstić information content (AvgIpc) is 2.69. The Morgan fingerprint density at radius 2 is 1.93 bits per heavy atom. The summed E-state index contributed by atoms with van der Waals surface area (Å²) < 4.78 is 4.79. The number of nitrogens with zero attached hydrogens (tertiary/aromatic N) is 2. The normalized spacial score (nSPS) is 12.9. The largest absolute Gasteiger partial charge is 0.467 e. The molecule has 2 atom stereocenters. The number of nitrogens with one attached hydrogen (secondary N) is 1. The molecule has 0 radical (unpaired) electrons. The molecule has 1 aromatic carbocycles. The smallest absolute Gasteiger partial charge is 0.328 e. The molecule has 0 unspecified atom stereocenters. The van der Waals surface area contributed by atoms with Crippen molar-refractivity contribution in [2.45, 2.75) is 38.4 Å². The highest BCUT2D eigenvalue weighted by molar-refractivity contribution is 7.99. The van der Waals surface area contributed by atoms with Crippen molar-refractivity contribution in [3.63, 3.8) is 0 Å². The van der Waals surface area contributed by atoms with Gasteiger partial charge in [-0.15, -0.1) is 0 Å². The van der Waals surface area contributed by atoms with Crippen LogP contribution in [0.4, 0.5) is 0 Å². The molecule has 7 heteroatoms. The molecule has 144 valence electrons. The van der Waals surface area contributed by atoms with E-state index in [1.165, 1.54) is 18.9 Å². The van der Waals surface area contributed by atoms with Gasteiger partial charge in [-0.2, -0.15) is 0 Å². The second-order valence-corrected chi connectivity index (χ2v) is 7.23. The number of hydrogen-bond donors (Lipinski definition) is 1. The zero-order valence-corrected chi connectivity index (χ0v) is 16.9. The summed E-state index contributed by atoms with van der Waals surface area (Å²) in [5, 5.41) is 3.29. The van der Waals surface area contributed by atoms with E-state index < -0.39 is 12.0 Å². The fourth-order valence-electron chi connectivity index (χ4n) is 2.50. The van der Waals surface area contributed by atoms with Crippen LogP contribution in [-0.4, -0.2) is 40.7 Å². The predicted molar refractivity (Wildman–Crippen MR) is 106 cm³/mol. The maximum atomic E-state index is 12.3. The molecule has 0 aliphatic heterocycles. The minimum Gasteiger partial charge on any atom is -0.467 e. The topological polar surface area (TPSA) is 81.2 Å². The Kier molecular flexibility index (Phi) is 7.79. The molecule has 0 saturated carbocycles. The third-order valence-corrected chi connectivity index (χ3v) is 5.07. The van der Waals surface area contributed by atoms with Crippen molar-refractivity contribution in [1.82, 2.24) is 15.3 Å². The van der Waals surface area contributed by atoms with Gasteiger partial charge in [-0.25, -0.2) is 14.8 Å². The van der Waals surface area contributed by atoms with Gasteiger partial charge in [0.1, 0.15) is 6.04 Å². The molecule has 6 nitrogen and oxygen atoms in total. The van der Waals surface area contributed by atoms with Crippen LogP contribution in [0.25, 0.3) is 11.3 Å². The highest BCUT2D eigenvalue weighted by Gasteiger charge is 2.26. The van der Waals surface area contributed by atoms with Gasteiger partial charge in [0.05, 0.1) is 18.6 Å². The van der Waals surface area contributed by atoms with Gasteiger partial charge in [-0.3, -0.25) is 4.79 Å². The fourth-order valence-corrected chi connectivity index (χ4v) is 3.22. The van der Waals surface area contributed by atoms with E-state index in [0.717, 1.165) is 23.4 Å². The first kappa shape index (κ1) is 20.9. The van der Waals surface area contributed by atoms with Gasteiger partial charge >= 0.3 is 5.97 Å². The highest BCUT2D eigenvalue weighted by atomic mass is 32.2. The maximum absolute atomic E-state index is 12.3. The van der Waals surface area contributed by atoms with Crippen molar-refractivity contribution in [1.29, 1.82) is 0 Å². The monoisotopic (exact) mass is 387 g/mol. The average molecular weight is 388 g/mol. The standard InChI is InChI=1S/C20H25N3O3S/c1-5-13(2)18(19(25)26-4)23-17(24)12-27-20-21-14(3)11-16(22-20)15-9-7-6-8-10-15/h6-11,13,18H,5,12H2,1-4H3,(H,23,24)/t13-,18+/m1/s1. The Bertz CT molecular complexity index is 783. The number of rotatable bonds is 8. The van der Waals surface area contributed by atoms with E-state index in [-0.39, 0.29) is 17.6 Å². The van der Waals surface area contributed by atoms with Crippen molar-refractivity contribution >= 4 is 23.6 Å². The Morgan fingerprint density at radius 1 is 1.22 bits per heavy atom. The predicted octanol–water partition coefficient (Wildman–Crippen LogP) is 3.25. The van der Waals surface area contributed by atoms with Crippen LogP contribution in [0.3, 0.4) is 0 Å². The lowest BCUT2D eigenvalue weighted by molar-refractivity contribution is -0.146. The van der Waals surface area contributed by atoms with Gasteiger partial charge in [0.15, 0.2) is 5.16 Å². The van der Waals surface area contributed by atoms with E-state index in [9.17, 15) is 9.59 Å². The lowest BCUT2D eigenvalue weighted by Crippen LogP contribution is -2.46. The molecule has 0 saturated heterocycles. The Labute approximate surface area is 164 Å². The molecule has 27 heavy (non-hydrogen) atoms. The van der Waals surface area contributed by atoms with Crippen molar-refractivity contribution in [2.24, 2.45) is 5.92 Å². The zero-order chi connectivity index (χ0) is 19.8. The molecule has 0 spiro atoms. The van der Waals surface area contributed by atoms with Gasteiger partial charge in [0.25, 0.3) is 0 Å². The summed E-state index contributed by atoms with van der Waals surface area (Å²) in [5.41, 5.74) is 2.65. The first-order valence-electron chi connectivity index (χ1n) is 8.85. The van der Waals surface area contributed by atoms with Gasteiger partial charge < -0.3 is 10.1 Å². The van der Waals surface area contributed by atoms with Crippen LogP contribution in [0.2, 0.25) is 0 Å². The van der Waals surface area contributed by atoms with Crippen molar-refractivity contribution in [3.05, 3.63) is 42.1 Å². The number of hydrogen-bond acceptors (Lipinski definition) is 6. The van der Waals surface area contributed by atoms with Gasteiger partial charge in [0.2, 0.25) is 5.91 Å². The number of carbonyl (C=O) groups excluding carboxylic acids is 2. The summed E-state index contributed by atoms with van der Waals surface area (Å²) in [7, 11) is 1.32. The number of carbonyl (C=O) groups is 2. The fraction of sp³-hybridized carbons (Fsp3) is 0.400. The van der Waals surface area contributed by atoms with Gasteiger partial charge in [-0.05, 0) is 18.9 Å². The molecule has 1 amide bonds. The molecule has 1 N–H and O–H groups in total. The Hall–Kier alpha value is -2.41. The van der Waals surface area contributed by atoms with E-state index in [4.69, 9.17) is 4.74 Å². The third kappa shape index (κ3) is 6.06. The van der Waals surface area contributed by atoms with Crippen molar-refractivity contribution < 1.29 is 14.3 Å². The van der Waals surface area contributed by atoms with Gasteiger partial charge in [-0.1, -0.05) is 62.4 Å². The number of thioether (sulfide) groups is 1. The minimum atomic E-state index is -0.647. The second kappa shape index (κ2) is 10.1. The van der Waals surface area contributed by atoms with Crippen LogP contribution in [0, 0.1) is 12.8 Å². The molecule has 0 aliphatic rings. The molecule has 0 bridgehead atoms. The molecule has 2 aromatic rings. The van der Waals surface area contributed by atoms with E-state index >= 15 is 0 Å². The molecule has 1 heterocycles. The summed E-state index contributed by atoms with van der Waals surface area (Å²) in [6.07, 6.45) is 0.759. The number of ether oxygens (including phenoxy) is 1. The molecule has 0 fully saturated rings. The van der Waals surface area contributed by atoms with Crippen LogP contribution in [0.15, 0.2) is 41.6 Å². The Morgan fingerprint density at radius 3 is 2.56 bits per heavy atom. The summed E-state index contributed by atoms with van der Waals surface area (Å²) in [5.74, 6) is -0.559. The number of benzene rings is 1. The van der Waals surface area contributed by atoms with E-state index in [1.54, 1.807) is 0 Å². The minimum absolute atomic E-state index is 0.00805. The maximum Gasteiger partial charge on any atom is 0.328 e. The van der Waals surface area contributed by atoms with Crippen LogP contribution >= 0.6 is 11.8 Å². The molecular formula is C20H25N3O3S. The number of aromatic nitrogens is 2. The first-order valence-corrected chi connectivity index (χ1v) is 9.84. The van der Waals surface area contributed by atoms with Crippen LogP contribution in [-0.2, 0) is 14.3 Å². The van der Waals surface area contributed by atoms with Crippen molar-refractivity contribution in [3.8, 4) is 11.3 Å². The Balaban J connectivity index is 2.04. The van der Waals surface area contributed by atoms with Crippen molar-refractivity contribution in [2.75, 3.05) is 12.9 Å². The number of esters is 1. The summed E-state index contributed by atoms with van der Waals surface area (Å²) in [6, 6.07) is 11.1. The molecule has 2 rings (SSSR count). The summed E-state index contributed by atoms with van der Waals surface area (Å²) >= 11 is 1.25. The summed E-state index contributed by atoms with van der Waals surface area (Å²) in [6.45, 7) is 5.77. The zero-order valence-electron chi connectivity index (χ0n) is 16.1. The van der Waals surface area contributed by atoms with E-state index in [2.05, 4.69) is 15.3 Å². The first-order chi connectivity index (χ1) is 12.9. The number of amides is 1. The van der Waals surface area contributed by atoms with Gasteiger partial charge in [0, 0.05) is 11.3 Å². The molecular weight excluding hydrogens is 362 g/mol. The quantitative estimate of drug-likeness (QED) is 0.425. The SMILES string of the molecule is CC[C@@H](C)[C@H](NC(=O)CSc1nc(C)cc(-c2ccccc2)n1)C(=O)OC. The number of aryl methyl sites for hydroxylation is 1. The van der Waals surface area contributed by atoms with Crippen LogP contribution in [0.5, 0.6) is 0 Å². The highest BCUT2D eigenvalue weighted by Crippen LogP contribution is 2.21. The van der Waals surface area contributed by atoms with E-state index in [0.29, 0.717) is 5.16 Å².